The number of nitrogens with one attached hydrogen (secondary N) is 2. The first-order valence-electron chi connectivity index (χ1n) is 12.1. The summed E-state index contributed by atoms with van der Waals surface area (Å²) in [6.07, 6.45) is 0. The Balaban J connectivity index is 0.000000375. The van der Waals surface area contributed by atoms with E-state index in [-0.39, 0.29) is 19.0 Å². The second kappa shape index (κ2) is 13.3. The quantitative estimate of drug-likeness (QED) is 0.404. The fourth-order valence-electron chi connectivity index (χ4n) is 3.06. The topological polar surface area (TPSA) is 162 Å². The van der Waals surface area contributed by atoms with Crippen molar-refractivity contribution in [1.29, 1.82) is 0 Å². The lowest BCUT2D eigenvalue weighted by atomic mass is 10.3. The van der Waals surface area contributed by atoms with Crippen molar-refractivity contribution in [2.24, 2.45) is 0 Å². The maximum atomic E-state index is 11.8. The van der Waals surface area contributed by atoms with Gasteiger partial charge in [0, 0.05) is 46.2 Å². The SMILES string of the molecule is CC(=O)N1CCN(CC(=O)NS(=O)(=O)C(C)(C)C)CC1.CC(C)(C)S(=O)(=O)NC(=O)CN1CCOCC1. The number of ether oxygens (including phenoxy) is 1. The van der Waals surface area contributed by atoms with Gasteiger partial charge in [-0.05, 0) is 41.5 Å². The fourth-order valence-corrected chi connectivity index (χ4v) is 4.40. The van der Waals surface area contributed by atoms with E-state index in [1.54, 1.807) is 25.7 Å². The highest BCUT2D eigenvalue weighted by Gasteiger charge is 2.32. The zero-order valence-electron chi connectivity index (χ0n) is 23.0. The van der Waals surface area contributed by atoms with E-state index in [0.717, 1.165) is 0 Å². The van der Waals surface area contributed by atoms with Crippen LogP contribution in [0.25, 0.3) is 0 Å². The third-order valence-corrected chi connectivity index (χ3v) is 9.98. The van der Waals surface area contributed by atoms with Crippen molar-refractivity contribution in [1.82, 2.24) is 24.1 Å². The molecule has 2 saturated heterocycles. The first-order valence-corrected chi connectivity index (χ1v) is 15.1. The molecule has 2 rings (SSSR count). The van der Waals surface area contributed by atoms with Crippen LogP contribution in [-0.4, -0.2) is 124 Å². The fraction of sp³-hybridized carbons (Fsp3) is 0.864. The van der Waals surface area contributed by atoms with E-state index in [9.17, 15) is 31.2 Å². The van der Waals surface area contributed by atoms with Crippen LogP contribution in [-0.2, 0) is 39.2 Å². The number of piperazine rings is 1. The number of morpholine rings is 1. The van der Waals surface area contributed by atoms with Gasteiger partial charge < -0.3 is 9.64 Å². The number of amides is 3. The van der Waals surface area contributed by atoms with Gasteiger partial charge in [0.05, 0.1) is 35.8 Å². The molecule has 0 saturated carbocycles. The summed E-state index contributed by atoms with van der Waals surface area (Å²) in [4.78, 5) is 40.0. The van der Waals surface area contributed by atoms with Gasteiger partial charge in [0.25, 0.3) is 0 Å². The Morgan fingerprint density at radius 1 is 0.676 bits per heavy atom. The van der Waals surface area contributed by atoms with Gasteiger partial charge in [-0.2, -0.15) is 0 Å². The zero-order chi connectivity index (χ0) is 28.7. The van der Waals surface area contributed by atoms with Crippen molar-refractivity contribution in [3.8, 4) is 0 Å². The maximum absolute atomic E-state index is 11.8. The molecule has 0 spiro atoms. The highest BCUT2D eigenvalue weighted by molar-refractivity contribution is 7.91. The van der Waals surface area contributed by atoms with Crippen LogP contribution in [0.5, 0.6) is 0 Å². The molecule has 2 heterocycles. The Kier molecular flexibility index (Phi) is 12.0. The molecular weight excluding hydrogens is 526 g/mol. The molecule has 0 aromatic heterocycles. The third kappa shape index (κ3) is 11.2. The molecule has 15 heteroatoms. The normalized spacial score (nSPS) is 18.4. The first-order chi connectivity index (χ1) is 16.7. The van der Waals surface area contributed by atoms with Gasteiger partial charge in [-0.25, -0.2) is 16.8 Å². The zero-order valence-corrected chi connectivity index (χ0v) is 24.6. The lowest BCUT2D eigenvalue weighted by Gasteiger charge is -2.33. The van der Waals surface area contributed by atoms with E-state index in [1.165, 1.54) is 27.7 Å². The summed E-state index contributed by atoms with van der Waals surface area (Å²) >= 11 is 0. The highest BCUT2D eigenvalue weighted by Crippen LogP contribution is 2.14. The van der Waals surface area contributed by atoms with E-state index in [1.807, 2.05) is 9.80 Å². The number of carbonyl (C=O) groups is 3. The summed E-state index contributed by atoms with van der Waals surface area (Å²) in [6, 6.07) is 0. The predicted octanol–water partition coefficient (Wildman–Crippen LogP) is -1.04. The van der Waals surface area contributed by atoms with Crippen molar-refractivity contribution < 1.29 is 36.0 Å². The number of hydrogen-bond donors (Lipinski definition) is 2. The summed E-state index contributed by atoms with van der Waals surface area (Å²) in [5.74, 6) is -0.998. The molecule has 2 N–H and O–H groups in total. The average molecular weight is 570 g/mol. The molecule has 0 radical (unpaired) electrons. The molecule has 0 aliphatic carbocycles. The van der Waals surface area contributed by atoms with E-state index < -0.39 is 41.4 Å². The van der Waals surface area contributed by atoms with Gasteiger partial charge in [0.15, 0.2) is 0 Å². The number of nitrogens with zero attached hydrogens (tertiary/aromatic N) is 3. The molecule has 2 fully saturated rings. The van der Waals surface area contributed by atoms with Gasteiger partial charge in [-0.1, -0.05) is 0 Å². The van der Waals surface area contributed by atoms with Gasteiger partial charge in [0.2, 0.25) is 37.8 Å². The summed E-state index contributed by atoms with van der Waals surface area (Å²) in [5, 5.41) is 0. The molecule has 0 unspecified atom stereocenters. The van der Waals surface area contributed by atoms with Crippen LogP contribution in [0.3, 0.4) is 0 Å². The summed E-state index contributed by atoms with van der Waals surface area (Å²) < 4.78 is 54.5. The number of hydrogen-bond acceptors (Lipinski definition) is 10. The monoisotopic (exact) mass is 569 g/mol. The Morgan fingerprint density at radius 3 is 1.35 bits per heavy atom. The van der Waals surface area contributed by atoms with Crippen molar-refractivity contribution >= 4 is 37.8 Å². The van der Waals surface area contributed by atoms with Crippen molar-refractivity contribution in [2.75, 3.05) is 65.6 Å². The van der Waals surface area contributed by atoms with Crippen LogP contribution >= 0.6 is 0 Å². The number of sulfonamides is 2. The Bertz CT molecular complexity index is 1000. The molecule has 2 aliphatic heterocycles. The maximum Gasteiger partial charge on any atom is 0.247 e. The largest absolute Gasteiger partial charge is 0.379 e. The van der Waals surface area contributed by atoms with Crippen LogP contribution in [0.4, 0.5) is 0 Å². The van der Waals surface area contributed by atoms with Crippen LogP contribution in [0.1, 0.15) is 48.5 Å². The Labute approximate surface area is 221 Å². The minimum absolute atomic E-state index is 0.0180. The Hall–Kier alpha value is -1.81. The summed E-state index contributed by atoms with van der Waals surface area (Å²) in [6.45, 7) is 15.7. The minimum Gasteiger partial charge on any atom is -0.379 e. The standard InChI is InChI=1S/C12H23N3O4S.C10H20N2O4S/c1-10(16)15-7-5-14(6-8-15)9-11(17)13-20(18,19)12(2,3)4;1-10(2,3)17(14,15)11-9(13)8-12-4-6-16-7-5-12/h5-9H2,1-4H3,(H,13,17);4-8H2,1-3H3,(H,11,13). The number of carbonyl (C=O) groups excluding carboxylic acids is 3. The predicted molar refractivity (Wildman–Crippen MR) is 140 cm³/mol. The second-order valence-electron chi connectivity index (χ2n) is 11.0. The molecule has 0 atom stereocenters. The first kappa shape index (κ1) is 33.2. The van der Waals surface area contributed by atoms with Crippen molar-refractivity contribution in [3.05, 3.63) is 0 Å². The molecule has 37 heavy (non-hydrogen) atoms. The molecule has 0 aromatic carbocycles. The summed E-state index contributed by atoms with van der Waals surface area (Å²) in [7, 11) is -7.27. The van der Waals surface area contributed by atoms with Crippen LogP contribution < -0.4 is 9.44 Å². The molecule has 216 valence electrons. The lowest BCUT2D eigenvalue weighted by Crippen LogP contribution is -2.52. The molecular formula is C22H43N5O8S2. The van der Waals surface area contributed by atoms with Crippen LogP contribution in [0.2, 0.25) is 0 Å². The van der Waals surface area contributed by atoms with E-state index in [4.69, 9.17) is 4.74 Å². The highest BCUT2D eigenvalue weighted by atomic mass is 32.2. The molecule has 0 aromatic rings. The Morgan fingerprint density at radius 2 is 1.03 bits per heavy atom. The molecule has 0 bridgehead atoms. The van der Waals surface area contributed by atoms with Gasteiger partial charge in [0.1, 0.15) is 0 Å². The van der Waals surface area contributed by atoms with E-state index >= 15 is 0 Å². The second-order valence-corrected chi connectivity index (χ2v) is 15.8. The number of rotatable bonds is 6. The van der Waals surface area contributed by atoms with Crippen LogP contribution in [0, 0.1) is 0 Å². The van der Waals surface area contributed by atoms with Crippen LogP contribution in [0.15, 0.2) is 0 Å². The van der Waals surface area contributed by atoms with E-state index in [2.05, 4.69) is 9.44 Å². The van der Waals surface area contributed by atoms with Gasteiger partial charge in [-0.3, -0.25) is 33.6 Å². The van der Waals surface area contributed by atoms with Crippen molar-refractivity contribution in [3.63, 3.8) is 0 Å². The van der Waals surface area contributed by atoms with E-state index in [0.29, 0.717) is 52.5 Å². The summed E-state index contributed by atoms with van der Waals surface area (Å²) in [5.41, 5.74) is 0. The third-order valence-electron chi connectivity index (χ3n) is 5.76. The minimum atomic E-state index is -3.66. The lowest BCUT2D eigenvalue weighted by molar-refractivity contribution is -0.131. The molecule has 13 nitrogen and oxygen atoms in total. The van der Waals surface area contributed by atoms with Gasteiger partial charge >= 0.3 is 0 Å². The molecule has 3 amide bonds. The average Bonchev–Trinajstić information content (AvgIpc) is 2.72. The smallest absolute Gasteiger partial charge is 0.247 e. The van der Waals surface area contributed by atoms with Crippen molar-refractivity contribution in [2.45, 2.75) is 58.0 Å². The molecule has 2 aliphatic rings. The van der Waals surface area contributed by atoms with Gasteiger partial charge in [-0.15, -0.1) is 0 Å².